The maximum Gasteiger partial charge on any atom is 0.344 e. The minimum atomic E-state index is -1.45. The topological polar surface area (TPSA) is 96.3 Å². The van der Waals surface area contributed by atoms with Crippen LogP contribution in [0.4, 0.5) is 4.79 Å². The highest BCUT2D eigenvalue weighted by atomic mass is 16.2. The molecule has 3 aromatic carbocycles. The summed E-state index contributed by atoms with van der Waals surface area (Å²) in [6.07, 6.45) is -0.0365. The lowest BCUT2D eigenvalue weighted by atomic mass is 9.83. The number of aromatic nitrogens is 2. The van der Waals surface area contributed by atoms with Crippen molar-refractivity contribution in [2.75, 3.05) is 0 Å². The van der Waals surface area contributed by atoms with Gasteiger partial charge in [0.25, 0.3) is 5.91 Å². The quantitative estimate of drug-likeness (QED) is 0.414. The molecular weight excluding hydrogens is 454 g/mol. The van der Waals surface area contributed by atoms with Crippen molar-refractivity contribution >= 4 is 17.8 Å². The Bertz CT molecular complexity index is 1390. The van der Waals surface area contributed by atoms with Crippen LogP contribution < -0.4 is 10.7 Å². The number of urea groups is 1. The number of hydrazine groups is 1. The fraction of sp³-hybridized carbons (Fsp3) is 0.143. The number of hydrogen-bond acceptors (Lipinski definition) is 4. The first-order valence-corrected chi connectivity index (χ1v) is 11.6. The monoisotopic (exact) mass is 479 g/mol. The van der Waals surface area contributed by atoms with Crippen molar-refractivity contribution in [3.8, 4) is 5.69 Å². The van der Waals surface area contributed by atoms with Crippen LogP contribution in [-0.2, 0) is 21.5 Å². The molecule has 2 heterocycles. The summed E-state index contributed by atoms with van der Waals surface area (Å²) >= 11 is 0. The van der Waals surface area contributed by atoms with Gasteiger partial charge in [-0.3, -0.25) is 15.0 Å². The zero-order chi connectivity index (χ0) is 25.3. The molecule has 1 aliphatic heterocycles. The standard InChI is InChI=1S/C28H25N5O3/c1-19-24(20(2)32(30-19)23-16-10-5-11-17-23)18-25(34)31-33-26(35)28(29-27(33)36,21-12-6-3-7-13-21)22-14-8-4-9-15-22/h3-17H,18H2,1-2H3,(H,29,36)(H,31,34). The van der Waals surface area contributed by atoms with E-state index in [0.29, 0.717) is 16.8 Å². The van der Waals surface area contributed by atoms with Gasteiger partial charge in [0.2, 0.25) is 5.91 Å². The number of carbonyl (C=O) groups excluding carboxylic acids is 3. The lowest BCUT2D eigenvalue weighted by Gasteiger charge is -2.27. The molecule has 1 saturated heterocycles. The van der Waals surface area contributed by atoms with Gasteiger partial charge in [0.05, 0.1) is 17.8 Å². The van der Waals surface area contributed by atoms with Gasteiger partial charge in [0.15, 0.2) is 5.54 Å². The van der Waals surface area contributed by atoms with Gasteiger partial charge in [0, 0.05) is 11.3 Å². The molecule has 2 N–H and O–H groups in total. The van der Waals surface area contributed by atoms with E-state index < -0.39 is 23.4 Å². The van der Waals surface area contributed by atoms with E-state index >= 15 is 0 Å². The Balaban J connectivity index is 1.42. The minimum absolute atomic E-state index is 0.0365. The summed E-state index contributed by atoms with van der Waals surface area (Å²) in [5.74, 6) is -1.07. The summed E-state index contributed by atoms with van der Waals surface area (Å²) < 4.78 is 1.78. The first-order valence-electron chi connectivity index (χ1n) is 11.6. The summed E-state index contributed by atoms with van der Waals surface area (Å²) in [6.45, 7) is 3.72. The molecule has 0 atom stereocenters. The van der Waals surface area contributed by atoms with Crippen LogP contribution in [0.3, 0.4) is 0 Å². The number of hydrogen-bond donors (Lipinski definition) is 2. The molecule has 4 aromatic rings. The largest absolute Gasteiger partial charge is 0.344 e. The highest BCUT2D eigenvalue weighted by Gasteiger charge is 2.54. The van der Waals surface area contributed by atoms with Gasteiger partial charge in [-0.2, -0.15) is 10.1 Å². The Morgan fingerprint density at radius 3 is 1.94 bits per heavy atom. The van der Waals surface area contributed by atoms with Gasteiger partial charge in [-0.15, -0.1) is 0 Å². The minimum Gasteiger partial charge on any atom is -0.314 e. The third-order valence-electron chi connectivity index (χ3n) is 6.45. The molecular formula is C28H25N5O3. The number of imide groups is 1. The number of benzene rings is 3. The van der Waals surface area contributed by atoms with E-state index in [4.69, 9.17) is 0 Å². The van der Waals surface area contributed by atoms with Crippen LogP contribution in [0.1, 0.15) is 28.1 Å². The molecule has 36 heavy (non-hydrogen) atoms. The molecule has 5 rings (SSSR count). The zero-order valence-corrected chi connectivity index (χ0v) is 19.9. The van der Waals surface area contributed by atoms with Gasteiger partial charge in [-0.05, 0) is 37.1 Å². The van der Waals surface area contributed by atoms with Crippen LogP contribution in [0.25, 0.3) is 5.69 Å². The Morgan fingerprint density at radius 1 is 0.861 bits per heavy atom. The zero-order valence-electron chi connectivity index (χ0n) is 19.9. The Morgan fingerprint density at radius 2 is 1.39 bits per heavy atom. The third-order valence-corrected chi connectivity index (χ3v) is 6.45. The van der Waals surface area contributed by atoms with Crippen molar-refractivity contribution < 1.29 is 14.4 Å². The van der Waals surface area contributed by atoms with Crippen molar-refractivity contribution in [1.29, 1.82) is 0 Å². The van der Waals surface area contributed by atoms with Gasteiger partial charge >= 0.3 is 6.03 Å². The number of nitrogens with zero attached hydrogens (tertiary/aromatic N) is 3. The van der Waals surface area contributed by atoms with E-state index in [9.17, 15) is 14.4 Å². The van der Waals surface area contributed by atoms with E-state index in [0.717, 1.165) is 22.0 Å². The first-order chi connectivity index (χ1) is 17.4. The summed E-state index contributed by atoms with van der Waals surface area (Å²) in [5, 5.41) is 8.17. The average molecular weight is 480 g/mol. The van der Waals surface area contributed by atoms with E-state index in [1.54, 1.807) is 53.2 Å². The highest BCUT2D eigenvalue weighted by Crippen LogP contribution is 2.35. The number of rotatable bonds is 6. The van der Waals surface area contributed by atoms with Crippen LogP contribution >= 0.6 is 0 Å². The smallest absolute Gasteiger partial charge is 0.314 e. The second kappa shape index (κ2) is 9.14. The molecule has 0 aliphatic carbocycles. The van der Waals surface area contributed by atoms with Crippen LogP contribution in [0, 0.1) is 13.8 Å². The maximum absolute atomic E-state index is 13.8. The molecule has 180 valence electrons. The van der Waals surface area contributed by atoms with E-state index in [1.807, 2.05) is 56.3 Å². The second-order valence-corrected chi connectivity index (χ2v) is 8.66. The molecule has 0 spiro atoms. The van der Waals surface area contributed by atoms with E-state index in [1.165, 1.54) is 0 Å². The maximum atomic E-state index is 13.8. The molecule has 0 bridgehead atoms. The summed E-state index contributed by atoms with van der Waals surface area (Å²) in [7, 11) is 0. The fourth-order valence-corrected chi connectivity index (χ4v) is 4.64. The summed E-state index contributed by atoms with van der Waals surface area (Å²) in [5.41, 5.74) is 5.41. The number of para-hydroxylation sites is 1. The molecule has 0 radical (unpaired) electrons. The number of amides is 4. The van der Waals surface area contributed by atoms with E-state index in [-0.39, 0.29) is 6.42 Å². The second-order valence-electron chi connectivity index (χ2n) is 8.66. The van der Waals surface area contributed by atoms with Crippen LogP contribution in [0.2, 0.25) is 0 Å². The third kappa shape index (κ3) is 3.82. The SMILES string of the molecule is Cc1nn(-c2ccccc2)c(C)c1CC(=O)NN1C(=O)NC(c2ccccc2)(c2ccccc2)C1=O. The van der Waals surface area contributed by atoms with Gasteiger partial charge in [0.1, 0.15) is 0 Å². The molecule has 0 saturated carbocycles. The summed E-state index contributed by atoms with van der Waals surface area (Å²) in [4.78, 5) is 39.9. The van der Waals surface area contributed by atoms with Crippen molar-refractivity contribution in [2.24, 2.45) is 0 Å². The van der Waals surface area contributed by atoms with Crippen LogP contribution in [0.15, 0.2) is 91.0 Å². The van der Waals surface area contributed by atoms with Gasteiger partial charge in [-0.25, -0.2) is 9.48 Å². The lowest BCUT2D eigenvalue weighted by molar-refractivity contribution is -0.138. The molecule has 4 amide bonds. The van der Waals surface area contributed by atoms with E-state index in [2.05, 4.69) is 15.8 Å². The highest BCUT2D eigenvalue weighted by molar-refractivity contribution is 6.10. The molecule has 0 unspecified atom stereocenters. The van der Waals surface area contributed by atoms with Gasteiger partial charge < -0.3 is 5.32 Å². The van der Waals surface area contributed by atoms with Crippen molar-refractivity contribution in [1.82, 2.24) is 25.5 Å². The van der Waals surface area contributed by atoms with Crippen LogP contribution in [0.5, 0.6) is 0 Å². The molecule has 1 aliphatic rings. The summed E-state index contributed by atoms with van der Waals surface area (Å²) in [6, 6.07) is 26.9. The van der Waals surface area contributed by atoms with Crippen LogP contribution in [-0.4, -0.2) is 32.6 Å². The average Bonchev–Trinajstić information content (AvgIpc) is 3.33. The predicted molar refractivity (Wildman–Crippen MR) is 134 cm³/mol. The predicted octanol–water partition coefficient (Wildman–Crippen LogP) is 3.56. The normalized spacial score (nSPS) is 14.6. The lowest BCUT2D eigenvalue weighted by Crippen LogP contribution is -2.49. The number of aryl methyl sites for hydroxylation is 1. The van der Waals surface area contributed by atoms with Gasteiger partial charge in [-0.1, -0.05) is 78.9 Å². The van der Waals surface area contributed by atoms with Crippen molar-refractivity contribution in [2.45, 2.75) is 25.8 Å². The number of nitrogens with one attached hydrogen (secondary N) is 2. The molecule has 1 fully saturated rings. The Labute approximate surface area is 208 Å². The van der Waals surface area contributed by atoms with Crippen molar-refractivity contribution in [3.63, 3.8) is 0 Å². The molecule has 1 aromatic heterocycles. The molecule has 8 nitrogen and oxygen atoms in total. The fourth-order valence-electron chi connectivity index (χ4n) is 4.64. The Kier molecular flexibility index (Phi) is 5.85. The first kappa shape index (κ1) is 23.0. The Hall–Kier alpha value is -4.72. The van der Waals surface area contributed by atoms with Crippen molar-refractivity contribution in [3.05, 3.63) is 119 Å². The number of carbonyl (C=O) groups is 3. The molecule has 8 heteroatoms.